The van der Waals surface area contributed by atoms with Gasteiger partial charge in [-0.15, -0.1) is 11.3 Å². The van der Waals surface area contributed by atoms with Crippen molar-refractivity contribution in [3.05, 3.63) is 40.5 Å². The first-order valence-electron chi connectivity index (χ1n) is 5.67. The van der Waals surface area contributed by atoms with Gasteiger partial charge in [0.25, 0.3) is 0 Å². The molecule has 2 heterocycles. The summed E-state index contributed by atoms with van der Waals surface area (Å²) in [6, 6.07) is 6.27. The molecule has 0 saturated heterocycles. The molecular weight excluding hydrogens is 263 g/mol. The fourth-order valence-corrected chi connectivity index (χ4v) is 2.56. The summed E-state index contributed by atoms with van der Waals surface area (Å²) in [5, 5.41) is 9.75. The molecule has 0 bridgehead atoms. The van der Waals surface area contributed by atoms with Crippen molar-refractivity contribution in [3.8, 4) is 22.5 Å². The van der Waals surface area contributed by atoms with E-state index >= 15 is 0 Å². The third-order valence-electron chi connectivity index (χ3n) is 2.78. The summed E-state index contributed by atoms with van der Waals surface area (Å²) in [4.78, 5) is 4.40. The molecule has 3 N–H and O–H groups in total. The van der Waals surface area contributed by atoms with Crippen molar-refractivity contribution >= 4 is 17.2 Å². The average molecular weight is 274 g/mol. The standard InChI is InChI=1S/C13H11FN4S/c1-7-16-10(6-19-7)12-11(13(15)18-17-12)8-3-2-4-9(14)5-8/h2-6H,1H3,(H3,15,17,18). The molecule has 4 nitrogen and oxygen atoms in total. The van der Waals surface area contributed by atoms with E-state index in [1.807, 2.05) is 12.3 Å². The largest absolute Gasteiger partial charge is 0.382 e. The van der Waals surface area contributed by atoms with Gasteiger partial charge in [0.15, 0.2) is 5.82 Å². The van der Waals surface area contributed by atoms with Gasteiger partial charge in [-0.1, -0.05) is 12.1 Å². The second-order valence-corrected chi connectivity index (χ2v) is 5.18. The summed E-state index contributed by atoms with van der Waals surface area (Å²) >= 11 is 1.54. The number of benzene rings is 1. The molecule has 3 aromatic rings. The van der Waals surface area contributed by atoms with E-state index in [4.69, 9.17) is 5.73 Å². The lowest BCUT2D eigenvalue weighted by molar-refractivity contribution is 0.628. The van der Waals surface area contributed by atoms with Crippen molar-refractivity contribution in [2.45, 2.75) is 6.92 Å². The number of hydrogen-bond donors (Lipinski definition) is 2. The van der Waals surface area contributed by atoms with Gasteiger partial charge in [-0.05, 0) is 24.6 Å². The summed E-state index contributed by atoms with van der Waals surface area (Å²) < 4.78 is 13.3. The second-order valence-electron chi connectivity index (χ2n) is 4.12. The molecule has 0 saturated carbocycles. The minimum absolute atomic E-state index is 0.307. The molecular formula is C13H11FN4S. The van der Waals surface area contributed by atoms with E-state index in [2.05, 4.69) is 15.2 Å². The van der Waals surface area contributed by atoms with Gasteiger partial charge in [0, 0.05) is 5.38 Å². The highest BCUT2D eigenvalue weighted by Crippen LogP contribution is 2.35. The van der Waals surface area contributed by atoms with E-state index in [0.29, 0.717) is 22.6 Å². The summed E-state index contributed by atoms with van der Waals surface area (Å²) in [6.07, 6.45) is 0. The number of aryl methyl sites for hydroxylation is 1. The Bertz CT molecular complexity index is 732. The minimum Gasteiger partial charge on any atom is -0.382 e. The summed E-state index contributed by atoms with van der Waals surface area (Å²) in [6.45, 7) is 1.93. The number of aromatic nitrogens is 3. The molecule has 1 aromatic carbocycles. The summed E-state index contributed by atoms with van der Waals surface area (Å²) in [7, 11) is 0. The van der Waals surface area contributed by atoms with Crippen LogP contribution in [0.1, 0.15) is 5.01 Å². The molecule has 0 radical (unpaired) electrons. The molecule has 0 spiro atoms. The van der Waals surface area contributed by atoms with Crippen molar-refractivity contribution in [3.63, 3.8) is 0 Å². The minimum atomic E-state index is -0.307. The number of nitrogen functional groups attached to an aromatic ring is 1. The van der Waals surface area contributed by atoms with E-state index in [1.54, 1.807) is 23.5 Å². The quantitative estimate of drug-likeness (QED) is 0.754. The zero-order chi connectivity index (χ0) is 13.4. The molecule has 6 heteroatoms. The SMILES string of the molecule is Cc1nc(-c2[nH]nc(N)c2-c2cccc(F)c2)cs1. The van der Waals surface area contributed by atoms with E-state index in [-0.39, 0.29) is 5.82 Å². The smallest absolute Gasteiger partial charge is 0.153 e. The Labute approximate surface area is 113 Å². The fourth-order valence-electron chi connectivity index (χ4n) is 1.96. The van der Waals surface area contributed by atoms with Crippen LogP contribution < -0.4 is 5.73 Å². The van der Waals surface area contributed by atoms with E-state index < -0.39 is 0 Å². The van der Waals surface area contributed by atoms with Crippen LogP contribution in [0.4, 0.5) is 10.2 Å². The Morgan fingerprint density at radius 3 is 2.89 bits per heavy atom. The van der Waals surface area contributed by atoms with E-state index in [9.17, 15) is 4.39 Å². The van der Waals surface area contributed by atoms with Crippen LogP contribution in [0.2, 0.25) is 0 Å². The van der Waals surface area contributed by atoms with Crippen LogP contribution in [-0.2, 0) is 0 Å². The second kappa shape index (κ2) is 4.47. The molecule has 0 atom stereocenters. The van der Waals surface area contributed by atoms with Gasteiger partial charge in [-0.2, -0.15) is 5.10 Å². The van der Waals surface area contributed by atoms with Crippen molar-refractivity contribution in [2.75, 3.05) is 5.73 Å². The monoisotopic (exact) mass is 274 g/mol. The maximum Gasteiger partial charge on any atom is 0.153 e. The molecule has 96 valence electrons. The Hall–Kier alpha value is -2.21. The number of nitrogens with zero attached hydrogens (tertiary/aromatic N) is 2. The Balaban J connectivity index is 2.19. The van der Waals surface area contributed by atoms with Crippen molar-refractivity contribution in [1.29, 1.82) is 0 Å². The maximum absolute atomic E-state index is 13.3. The summed E-state index contributed by atoms with van der Waals surface area (Å²) in [5.41, 5.74) is 8.74. The van der Waals surface area contributed by atoms with Gasteiger partial charge in [0.05, 0.1) is 22.0 Å². The van der Waals surface area contributed by atoms with Gasteiger partial charge in [0.2, 0.25) is 0 Å². The lowest BCUT2D eigenvalue weighted by Crippen LogP contribution is -1.89. The maximum atomic E-state index is 13.3. The summed E-state index contributed by atoms with van der Waals surface area (Å²) in [5.74, 6) is 0.0322. The normalized spacial score (nSPS) is 10.8. The number of hydrogen-bond acceptors (Lipinski definition) is 4. The number of H-pyrrole nitrogens is 1. The van der Waals surface area contributed by atoms with Crippen molar-refractivity contribution < 1.29 is 4.39 Å². The van der Waals surface area contributed by atoms with Crippen LogP contribution >= 0.6 is 11.3 Å². The molecule has 0 aliphatic carbocycles. The Kier molecular flexibility index (Phi) is 2.79. The fraction of sp³-hybridized carbons (Fsp3) is 0.0769. The number of aromatic amines is 1. The molecule has 0 amide bonds. The van der Waals surface area contributed by atoms with E-state index in [0.717, 1.165) is 10.7 Å². The molecule has 3 rings (SSSR count). The Morgan fingerprint density at radius 1 is 1.37 bits per heavy atom. The van der Waals surface area contributed by atoms with Crippen LogP contribution in [-0.4, -0.2) is 15.2 Å². The zero-order valence-electron chi connectivity index (χ0n) is 10.1. The highest BCUT2D eigenvalue weighted by atomic mass is 32.1. The third kappa shape index (κ3) is 2.10. The van der Waals surface area contributed by atoms with Crippen LogP contribution in [0.3, 0.4) is 0 Å². The number of nitrogens with two attached hydrogens (primary N) is 1. The van der Waals surface area contributed by atoms with Gasteiger partial charge in [-0.25, -0.2) is 9.37 Å². The predicted molar refractivity (Wildman–Crippen MR) is 74.2 cm³/mol. The highest BCUT2D eigenvalue weighted by molar-refractivity contribution is 7.09. The lowest BCUT2D eigenvalue weighted by atomic mass is 10.0. The number of anilines is 1. The lowest BCUT2D eigenvalue weighted by Gasteiger charge is -2.02. The molecule has 0 aliphatic rings. The molecule has 19 heavy (non-hydrogen) atoms. The first-order valence-corrected chi connectivity index (χ1v) is 6.55. The van der Waals surface area contributed by atoms with Crippen LogP contribution in [0.25, 0.3) is 22.5 Å². The van der Waals surface area contributed by atoms with Gasteiger partial charge in [0.1, 0.15) is 5.82 Å². The predicted octanol–water partition coefficient (Wildman–Crippen LogP) is 3.23. The third-order valence-corrected chi connectivity index (χ3v) is 3.56. The average Bonchev–Trinajstić information content (AvgIpc) is 2.95. The van der Waals surface area contributed by atoms with Gasteiger partial charge >= 0.3 is 0 Å². The van der Waals surface area contributed by atoms with Crippen LogP contribution in [0, 0.1) is 12.7 Å². The zero-order valence-corrected chi connectivity index (χ0v) is 11.0. The topological polar surface area (TPSA) is 67.6 Å². The molecule has 0 unspecified atom stereocenters. The van der Waals surface area contributed by atoms with Crippen LogP contribution in [0.5, 0.6) is 0 Å². The van der Waals surface area contributed by atoms with Crippen LogP contribution in [0.15, 0.2) is 29.6 Å². The number of rotatable bonds is 2. The highest BCUT2D eigenvalue weighted by Gasteiger charge is 2.16. The van der Waals surface area contributed by atoms with Crippen molar-refractivity contribution in [2.24, 2.45) is 0 Å². The molecule has 0 fully saturated rings. The van der Waals surface area contributed by atoms with Gasteiger partial charge in [-0.3, -0.25) is 5.10 Å². The molecule has 2 aromatic heterocycles. The van der Waals surface area contributed by atoms with Crippen molar-refractivity contribution in [1.82, 2.24) is 15.2 Å². The first-order chi connectivity index (χ1) is 9.15. The van der Waals surface area contributed by atoms with Gasteiger partial charge < -0.3 is 5.73 Å². The molecule has 0 aliphatic heterocycles. The first kappa shape index (κ1) is 11.9. The number of nitrogens with one attached hydrogen (secondary N) is 1. The van der Waals surface area contributed by atoms with E-state index in [1.165, 1.54) is 12.1 Å². The Morgan fingerprint density at radius 2 is 2.21 bits per heavy atom. The number of halogens is 1. The number of thiazole rings is 1.